The largest absolute Gasteiger partial charge is 0.400 e. The van der Waals surface area contributed by atoms with E-state index in [1.807, 2.05) is 0 Å². The van der Waals surface area contributed by atoms with E-state index in [0.717, 1.165) is 0 Å². The standard InChI is InChI=1S/C4H13N2O3P/c1-4(2,5)3-9-10(6,7)8/h3,5H2,1-2H3,(H3,6,7,8). The van der Waals surface area contributed by atoms with Crippen LogP contribution in [-0.2, 0) is 9.09 Å². The maximum absolute atomic E-state index is 10.3. The van der Waals surface area contributed by atoms with Gasteiger partial charge in [-0.1, -0.05) is 0 Å². The average molecular weight is 168 g/mol. The average Bonchev–Trinajstić information content (AvgIpc) is 1.57. The second kappa shape index (κ2) is 2.98. The quantitative estimate of drug-likeness (QED) is 0.507. The SMILES string of the molecule is CC(C)(N)COP(N)(=O)O. The van der Waals surface area contributed by atoms with Gasteiger partial charge in [0.1, 0.15) is 0 Å². The van der Waals surface area contributed by atoms with Gasteiger partial charge in [-0.15, -0.1) is 0 Å². The lowest BCUT2D eigenvalue weighted by atomic mass is 10.1. The van der Waals surface area contributed by atoms with Crippen molar-refractivity contribution in [3.05, 3.63) is 0 Å². The highest BCUT2D eigenvalue weighted by Crippen LogP contribution is 2.31. The van der Waals surface area contributed by atoms with Crippen molar-refractivity contribution < 1.29 is 14.0 Å². The van der Waals surface area contributed by atoms with Gasteiger partial charge < -0.3 is 10.6 Å². The van der Waals surface area contributed by atoms with Crippen molar-refractivity contribution >= 4 is 7.75 Å². The minimum atomic E-state index is -3.84. The molecule has 1 atom stereocenters. The molecular weight excluding hydrogens is 155 g/mol. The molecule has 0 saturated carbocycles. The summed E-state index contributed by atoms with van der Waals surface area (Å²) in [5, 5.41) is 0. The molecule has 0 spiro atoms. The van der Waals surface area contributed by atoms with Crippen LogP contribution in [0.15, 0.2) is 0 Å². The van der Waals surface area contributed by atoms with Crippen LogP contribution >= 0.6 is 7.75 Å². The topological polar surface area (TPSA) is 98.6 Å². The Labute approximate surface area is 59.9 Å². The molecule has 10 heavy (non-hydrogen) atoms. The highest BCUT2D eigenvalue weighted by atomic mass is 31.2. The molecule has 0 heterocycles. The monoisotopic (exact) mass is 168 g/mol. The maximum Gasteiger partial charge on any atom is 0.400 e. The molecule has 0 rings (SSSR count). The van der Waals surface area contributed by atoms with Gasteiger partial charge in [-0.3, -0.25) is 4.52 Å². The summed E-state index contributed by atoms with van der Waals surface area (Å²) >= 11 is 0. The predicted molar refractivity (Wildman–Crippen MR) is 38.2 cm³/mol. The van der Waals surface area contributed by atoms with Crippen molar-refractivity contribution in [1.29, 1.82) is 0 Å². The molecule has 62 valence electrons. The first-order valence-corrected chi connectivity index (χ1v) is 4.40. The van der Waals surface area contributed by atoms with E-state index in [1.54, 1.807) is 13.8 Å². The Bertz CT molecular complexity index is 147. The Morgan fingerprint density at radius 1 is 1.70 bits per heavy atom. The van der Waals surface area contributed by atoms with E-state index in [2.05, 4.69) is 10.0 Å². The third-order valence-corrected chi connectivity index (χ3v) is 1.12. The van der Waals surface area contributed by atoms with Gasteiger partial charge in [-0.05, 0) is 13.8 Å². The molecular formula is C4H13N2O3P. The van der Waals surface area contributed by atoms with Crippen molar-refractivity contribution in [2.75, 3.05) is 6.61 Å². The molecule has 5 nitrogen and oxygen atoms in total. The van der Waals surface area contributed by atoms with Crippen molar-refractivity contribution in [3.8, 4) is 0 Å². The molecule has 0 aromatic rings. The summed E-state index contributed by atoms with van der Waals surface area (Å²) in [5.74, 6) is 0. The Hall–Kier alpha value is 0.0700. The van der Waals surface area contributed by atoms with Crippen LogP contribution in [0.5, 0.6) is 0 Å². The molecule has 1 unspecified atom stereocenters. The molecule has 0 saturated heterocycles. The van der Waals surface area contributed by atoms with Gasteiger partial charge in [-0.2, -0.15) is 0 Å². The smallest absolute Gasteiger partial charge is 0.324 e. The van der Waals surface area contributed by atoms with Crippen LogP contribution in [0.1, 0.15) is 13.8 Å². The van der Waals surface area contributed by atoms with Gasteiger partial charge in [0.15, 0.2) is 0 Å². The Morgan fingerprint density at radius 3 is 2.20 bits per heavy atom. The molecule has 6 heteroatoms. The van der Waals surface area contributed by atoms with Gasteiger partial charge in [0, 0.05) is 5.54 Å². The van der Waals surface area contributed by atoms with Crippen LogP contribution < -0.4 is 11.2 Å². The molecule has 5 N–H and O–H groups in total. The Morgan fingerprint density at radius 2 is 2.10 bits per heavy atom. The maximum atomic E-state index is 10.3. The molecule has 0 aromatic heterocycles. The normalized spacial score (nSPS) is 18.5. The summed E-state index contributed by atoms with van der Waals surface area (Å²) in [6, 6.07) is 0. The van der Waals surface area contributed by atoms with Gasteiger partial charge >= 0.3 is 7.75 Å². The Balaban J connectivity index is 3.67. The van der Waals surface area contributed by atoms with Crippen LogP contribution in [0.25, 0.3) is 0 Å². The number of rotatable bonds is 3. The van der Waals surface area contributed by atoms with Gasteiger partial charge in [-0.25, -0.2) is 10.1 Å². The van der Waals surface area contributed by atoms with Crippen LogP contribution in [-0.4, -0.2) is 17.0 Å². The molecule has 0 bridgehead atoms. The second-order valence-corrected chi connectivity index (χ2v) is 4.21. The first-order chi connectivity index (χ1) is 4.21. The van der Waals surface area contributed by atoms with Crippen LogP contribution in [0.3, 0.4) is 0 Å². The van der Waals surface area contributed by atoms with E-state index < -0.39 is 13.3 Å². The first kappa shape index (κ1) is 10.1. The molecule has 0 aliphatic rings. The predicted octanol–water partition coefficient (Wildman–Crippen LogP) is -0.201. The lowest BCUT2D eigenvalue weighted by Gasteiger charge is -2.18. The fourth-order valence-corrected chi connectivity index (χ4v) is 0.777. The van der Waals surface area contributed by atoms with E-state index in [4.69, 9.17) is 10.6 Å². The van der Waals surface area contributed by atoms with Crippen molar-refractivity contribution in [2.24, 2.45) is 11.2 Å². The summed E-state index contributed by atoms with van der Waals surface area (Å²) < 4.78 is 14.7. The molecule has 0 aliphatic heterocycles. The van der Waals surface area contributed by atoms with E-state index in [0.29, 0.717) is 0 Å². The van der Waals surface area contributed by atoms with E-state index in [9.17, 15) is 4.57 Å². The Kier molecular flexibility index (Phi) is 3.00. The fraction of sp³-hybridized carbons (Fsp3) is 1.00. The zero-order chi connectivity index (χ0) is 8.41. The molecule has 0 aromatic carbocycles. The molecule has 0 radical (unpaired) electrons. The third kappa shape index (κ3) is 8.07. The van der Waals surface area contributed by atoms with Gasteiger partial charge in [0.25, 0.3) is 0 Å². The minimum absolute atomic E-state index is 0.0305. The summed E-state index contributed by atoms with van der Waals surface area (Å²) in [6.45, 7) is 3.31. The van der Waals surface area contributed by atoms with Gasteiger partial charge in [0.2, 0.25) is 0 Å². The molecule has 0 amide bonds. The van der Waals surface area contributed by atoms with E-state index >= 15 is 0 Å². The molecule has 0 aliphatic carbocycles. The van der Waals surface area contributed by atoms with Crippen molar-refractivity contribution in [3.63, 3.8) is 0 Å². The first-order valence-electron chi connectivity index (χ1n) is 2.75. The highest BCUT2D eigenvalue weighted by Gasteiger charge is 2.18. The van der Waals surface area contributed by atoms with Gasteiger partial charge in [0.05, 0.1) is 6.61 Å². The highest BCUT2D eigenvalue weighted by molar-refractivity contribution is 7.50. The number of nitrogens with two attached hydrogens (primary N) is 2. The number of hydrogen-bond acceptors (Lipinski definition) is 3. The summed E-state index contributed by atoms with van der Waals surface area (Å²) in [6.07, 6.45) is 0. The lowest BCUT2D eigenvalue weighted by Crippen LogP contribution is -2.37. The molecule has 0 fully saturated rings. The third-order valence-electron chi connectivity index (χ3n) is 0.622. The zero-order valence-corrected chi connectivity index (χ0v) is 6.97. The van der Waals surface area contributed by atoms with E-state index in [1.165, 1.54) is 0 Å². The summed E-state index contributed by atoms with van der Waals surface area (Å²) in [5.41, 5.74) is 9.48. The van der Waals surface area contributed by atoms with E-state index in [-0.39, 0.29) is 6.61 Å². The van der Waals surface area contributed by atoms with Crippen LogP contribution in [0.2, 0.25) is 0 Å². The summed E-state index contributed by atoms with van der Waals surface area (Å²) in [7, 11) is -3.84. The fourth-order valence-electron chi connectivity index (χ4n) is 0.259. The number of hydrogen-bond donors (Lipinski definition) is 3. The zero-order valence-electron chi connectivity index (χ0n) is 6.07. The van der Waals surface area contributed by atoms with Crippen molar-refractivity contribution in [2.45, 2.75) is 19.4 Å². The second-order valence-electron chi connectivity index (χ2n) is 2.83. The minimum Gasteiger partial charge on any atom is -0.324 e. The lowest BCUT2D eigenvalue weighted by molar-refractivity contribution is 0.210. The van der Waals surface area contributed by atoms with Crippen LogP contribution in [0.4, 0.5) is 0 Å². The van der Waals surface area contributed by atoms with Crippen molar-refractivity contribution in [1.82, 2.24) is 0 Å². The van der Waals surface area contributed by atoms with Crippen LogP contribution in [0, 0.1) is 0 Å². The summed E-state index contributed by atoms with van der Waals surface area (Å²) in [4.78, 5) is 8.44.